The molecule has 0 bridgehead atoms. The first kappa shape index (κ1) is 9.03. The summed E-state index contributed by atoms with van der Waals surface area (Å²) in [5, 5.41) is 2.63. The monoisotopic (exact) mass is 170 g/mol. The summed E-state index contributed by atoms with van der Waals surface area (Å²) in [5.74, 6) is -0.0184. The maximum absolute atomic E-state index is 11.4. The highest BCUT2D eigenvalue weighted by Gasteiger charge is 2.24. The van der Waals surface area contributed by atoms with Crippen molar-refractivity contribution in [2.24, 2.45) is 0 Å². The van der Waals surface area contributed by atoms with Gasteiger partial charge in [0, 0.05) is 19.5 Å². The Hall–Kier alpha value is -1.06. The Bertz CT molecular complexity index is 203. The molecule has 0 spiro atoms. The van der Waals surface area contributed by atoms with Gasteiger partial charge < -0.3 is 10.2 Å². The van der Waals surface area contributed by atoms with E-state index in [4.69, 9.17) is 0 Å². The molecule has 1 atom stereocenters. The van der Waals surface area contributed by atoms with Crippen molar-refractivity contribution in [2.75, 3.05) is 13.1 Å². The van der Waals surface area contributed by atoms with Crippen LogP contribution in [0.3, 0.4) is 0 Å². The summed E-state index contributed by atoms with van der Waals surface area (Å²) in [6.45, 7) is 4.86. The number of nitrogens with zero attached hydrogens (tertiary/aromatic N) is 1. The second-order valence-electron chi connectivity index (χ2n) is 2.96. The Morgan fingerprint density at radius 2 is 2.25 bits per heavy atom. The highest BCUT2D eigenvalue weighted by molar-refractivity contribution is 5.89. The summed E-state index contributed by atoms with van der Waals surface area (Å²) in [6, 6.07) is -0.361. The second-order valence-corrected chi connectivity index (χ2v) is 2.96. The molecule has 1 saturated heterocycles. The van der Waals surface area contributed by atoms with Crippen LogP contribution >= 0.6 is 0 Å². The van der Waals surface area contributed by atoms with Gasteiger partial charge in [-0.25, -0.2) is 0 Å². The van der Waals surface area contributed by atoms with Crippen LogP contribution in [0.4, 0.5) is 0 Å². The number of hydrogen-bond acceptors (Lipinski definition) is 2. The molecular formula is C8H14N2O2. The zero-order chi connectivity index (χ0) is 9.14. The van der Waals surface area contributed by atoms with Gasteiger partial charge in [-0.05, 0) is 13.8 Å². The molecule has 1 N–H and O–H groups in total. The lowest BCUT2D eigenvalue weighted by molar-refractivity contribution is -0.132. The van der Waals surface area contributed by atoms with Gasteiger partial charge in [0.15, 0.2) is 0 Å². The summed E-state index contributed by atoms with van der Waals surface area (Å²) in [4.78, 5) is 24.1. The van der Waals surface area contributed by atoms with Crippen LogP contribution in [0.1, 0.15) is 20.3 Å². The molecule has 68 valence electrons. The van der Waals surface area contributed by atoms with Gasteiger partial charge in [0.2, 0.25) is 11.8 Å². The van der Waals surface area contributed by atoms with E-state index in [1.165, 1.54) is 0 Å². The summed E-state index contributed by atoms with van der Waals surface area (Å²) < 4.78 is 0. The van der Waals surface area contributed by atoms with Crippen LogP contribution in [-0.4, -0.2) is 35.8 Å². The van der Waals surface area contributed by atoms with E-state index in [-0.39, 0.29) is 17.9 Å². The van der Waals surface area contributed by atoms with Crippen molar-refractivity contribution >= 4 is 11.8 Å². The van der Waals surface area contributed by atoms with Gasteiger partial charge in [-0.1, -0.05) is 0 Å². The zero-order valence-electron chi connectivity index (χ0n) is 7.46. The maximum atomic E-state index is 11.4. The van der Waals surface area contributed by atoms with Crippen molar-refractivity contribution in [1.29, 1.82) is 0 Å². The maximum Gasteiger partial charge on any atom is 0.244 e. The average Bonchev–Trinajstić information content (AvgIpc) is 2.14. The van der Waals surface area contributed by atoms with Gasteiger partial charge in [0.25, 0.3) is 0 Å². The standard InChI is InChI=1S/C8H14N2O2/c1-3-10-5-4-7(11)9-6(2)8(10)12/h6H,3-5H2,1-2H3,(H,9,11). The molecule has 4 nitrogen and oxygen atoms in total. The van der Waals surface area contributed by atoms with Crippen LogP contribution in [-0.2, 0) is 9.59 Å². The first-order valence-electron chi connectivity index (χ1n) is 4.23. The topological polar surface area (TPSA) is 49.4 Å². The normalized spacial score (nSPS) is 25.2. The quantitative estimate of drug-likeness (QED) is 0.589. The number of amides is 2. The number of likely N-dealkylation sites (N-methyl/N-ethyl adjacent to an activating group) is 1. The van der Waals surface area contributed by atoms with Crippen molar-refractivity contribution in [3.8, 4) is 0 Å². The molecule has 2 amide bonds. The number of hydrogen-bond donors (Lipinski definition) is 1. The molecule has 12 heavy (non-hydrogen) atoms. The number of carbonyl (C=O) groups excluding carboxylic acids is 2. The lowest BCUT2D eigenvalue weighted by Gasteiger charge is -2.19. The van der Waals surface area contributed by atoms with Crippen LogP contribution in [0.5, 0.6) is 0 Å². The van der Waals surface area contributed by atoms with Crippen molar-refractivity contribution in [3.63, 3.8) is 0 Å². The molecule has 0 aromatic carbocycles. The summed E-state index contributed by atoms with van der Waals surface area (Å²) in [7, 11) is 0. The minimum absolute atomic E-state index is 0.0170. The Morgan fingerprint density at radius 1 is 1.58 bits per heavy atom. The lowest BCUT2D eigenvalue weighted by atomic mass is 10.3. The van der Waals surface area contributed by atoms with Gasteiger partial charge in [0.05, 0.1) is 0 Å². The van der Waals surface area contributed by atoms with Crippen LogP contribution in [0.25, 0.3) is 0 Å². The third-order valence-electron chi connectivity index (χ3n) is 2.05. The summed E-state index contributed by atoms with van der Waals surface area (Å²) >= 11 is 0. The van der Waals surface area contributed by atoms with E-state index in [9.17, 15) is 9.59 Å². The van der Waals surface area contributed by atoms with Gasteiger partial charge in [0.1, 0.15) is 6.04 Å². The molecule has 0 radical (unpaired) electrons. The van der Waals surface area contributed by atoms with Gasteiger partial charge in [-0.3, -0.25) is 9.59 Å². The van der Waals surface area contributed by atoms with Crippen molar-refractivity contribution in [3.05, 3.63) is 0 Å². The Morgan fingerprint density at radius 3 is 2.83 bits per heavy atom. The van der Waals surface area contributed by atoms with E-state index >= 15 is 0 Å². The molecule has 0 aromatic heterocycles. The predicted octanol–water partition coefficient (Wildman–Crippen LogP) is -0.257. The van der Waals surface area contributed by atoms with Crippen molar-refractivity contribution in [2.45, 2.75) is 26.3 Å². The van der Waals surface area contributed by atoms with Crippen molar-refractivity contribution in [1.82, 2.24) is 10.2 Å². The predicted molar refractivity (Wildman–Crippen MR) is 44.5 cm³/mol. The average molecular weight is 170 g/mol. The Labute approximate surface area is 71.9 Å². The number of nitrogens with one attached hydrogen (secondary N) is 1. The molecule has 1 rings (SSSR count). The molecular weight excluding hydrogens is 156 g/mol. The van der Waals surface area contributed by atoms with E-state index in [1.807, 2.05) is 6.92 Å². The third kappa shape index (κ3) is 1.75. The Kier molecular flexibility index (Phi) is 2.68. The molecule has 1 fully saturated rings. The van der Waals surface area contributed by atoms with E-state index in [1.54, 1.807) is 11.8 Å². The van der Waals surface area contributed by atoms with Crippen LogP contribution in [0.2, 0.25) is 0 Å². The van der Waals surface area contributed by atoms with E-state index in [2.05, 4.69) is 5.32 Å². The highest BCUT2D eigenvalue weighted by Crippen LogP contribution is 2.01. The Balaban J connectivity index is 2.69. The molecule has 4 heteroatoms. The zero-order valence-corrected chi connectivity index (χ0v) is 7.46. The third-order valence-corrected chi connectivity index (χ3v) is 2.05. The molecule has 0 saturated carbocycles. The highest BCUT2D eigenvalue weighted by atomic mass is 16.2. The molecule has 1 unspecified atom stereocenters. The van der Waals surface area contributed by atoms with Crippen LogP contribution in [0.15, 0.2) is 0 Å². The minimum atomic E-state index is -0.361. The summed E-state index contributed by atoms with van der Waals surface area (Å²) in [5.41, 5.74) is 0. The SMILES string of the molecule is CCN1CCC(=O)NC(C)C1=O. The first-order valence-corrected chi connectivity index (χ1v) is 4.23. The minimum Gasteiger partial charge on any atom is -0.345 e. The fourth-order valence-corrected chi connectivity index (χ4v) is 1.31. The van der Waals surface area contributed by atoms with Crippen molar-refractivity contribution < 1.29 is 9.59 Å². The second kappa shape index (κ2) is 3.56. The summed E-state index contributed by atoms with van der Waals surface area (Å²) in [6.07, 6.45) is 0.421. The number of rotatable bonds is 1. The number of carbonyl (C=O) groups is 2. The molecule has 0 aromatic rings. The first-order chi connectivity index (χ1) is 5.65. The van der Waals surface area contributed by atoms with E-state index in [0.29, 0.717) is 19.5 Å². The van der Waals surface area contributed by atoms with E-state index < -0.39 is 0 Å². The lowest BCUT2D eigenvalue weighted by Crippen LogP contribution is -2.42. The van der Waals surface area contributed by atoms with Gasteiger partial charge in [-0.2, -0.15) is 0 Å². The molecule has 1 aliphatic heterocycles. The molecule has 0 aliphatic carbocycles. The van der Waals surface area contributed by atoms with Gasteiger partial charge in [-0.15, -0.1) is 0 Å². The molecule has 1 heterocycles. The van der Waals surface area contributed by atoms with E-state index in [0.717, 1.165) is 0 Å². The fraction of sp³-hybridized carbons (Fsp3) is 0.750. The van der Waals surface area contributed by atoms with Gasteiger partial charge >= 0.3 is 0 Å². The smallest absolute Gasteiger partial charge is 0.244 e. The largest absolute Gasteiger partial charge is 0.345 e. The fourth-order valence-electron chi connectivity index (χ4n) is 1.31. The van der Waals surface area contributed by atoms with Crippen LogP contribution < -0.4 is 5.32 Å². The van der Waals surface area contributed by atoms with Crippen LogP contribution in [0, 0.1) is 0 Å². The molecule has 1 aliphatic rings.